The Hall–Kier alpha value is -4.32. The van der Waals surface area contributed by atoms with E-state index in [4.69, 9.17) is 9.47 Å². The number of benzene rings is 2. The number of hydrogen-bond donors (Lipinski definition) is 1. The van der Waals surface area contributed by atoms with Gasteiger partial charge in [0, 0.05) is 36.5 Å². The van der Waals surface area contributed by atoms with Crippen LogP contribution in [0.15, 0.2) is 60.7 Å². The zero-order chi connectivity index (χ0) is 30.8. The number of fused-ring (bicyclic) bond motifs is 1. The number of hydrogen-bond acceptors (Lipinski definition) is 6. The summed E-state index contributed by atoms with van der Waals surface area (Å²) < 4.78 is 58.0. The number of rotatable bonds is 6. The molecule has 1 aromatic heterocycles. The molecule has 1 N–H and O–H groups in total. The number of nitrogens with one attached hydrogen (secondary N) is 1. The van der Waals surface area contributed by atoms with Gasteiger partial charge in [-0.15, -0.1) is 0 Å². The van der Waals surface area contributed by atoms with Crippen molar-refractivity contribution in [3.63, 3.8) is 0 Å². The molecule has 0 unspecified atom stereocenters. The number of halogens is 3. The molecule has 0 atom stereocenters. The van der Waals surface area contributed by atoms with E-state index in [0.29, 0.717) is 25.3 Å². The van der Waals surface area contributed by atoms with Crippen LogP contribution in [0.25, 0.3) is 5.57 Å². The normalized spacial score (nSPS) is 16.7. The van der Waals surface area contributed by atoms with Crippen molar-refractivity contribution in [1.82, 2.24) is 19.6 Å². The molecule has 2 aliphatic heterocycles. The summed E-state index contributed by atoms with van der Waals surface area (Å²) in [5.41, 5.74) is 1.04. The van der Waals surface area contributed by atoms with Crippen molar-refractivity contribution >= 4 is 23.4 Å². The Morgan fingerprint density at radius 3 is 2.53 bits per heavy atom. The van der Waals surface area contributed by atoms with Crippen molar-refractivity contribution in [3.8, 4) is 0 Å². The van der Waals surface area contributed by atoms with Crippen LogP contribution in [0, 0.1) is 5.82 Å². The van der Waals surface area contributed by atoms with Gasteiger partial charge >= 0.3 is 12.2 Å². The molecule has 0 aliphatic carbocycles. The van der Waals surface area contributed by atoms with Gasteiger partial charge in [0.1, 0.15) is 18.0 Å². The largest absolute Gasteiger partial charge is 0.444 e. The third-order valence-corrected chi connectivity index (χ3v) is 6.97. The number of anilines is 1. The van der Waals surface area contributed by atoms with Crippen LogP contribution >= 0.6 is 0 Å². The summed E-state index contributed by atoms with van der Waals surface area (Å²) in [6.45, 7) is 6.40. The predicted molar refractivity (Wildman–Crippen MR) is 154 cm³/mol. The number of carbonyl (C=O) groups is 2. The third-order valence-electron chi connectivity index (χ3n) is 6.97. The first-order valence-corrected chi connectivity index (χ1v) is 14.0. The highest BCUT2D eigenvalue weighted by atomic mass is 19.3. The fourth-order valence-electron chi connectivity index (χ4n) is 5.03. The van der Waals surface area contributed by atoms with E-state index < -0.39 is 41.6 Å². The van der Waals surface area contributed by atoms with Crippen LogP contribution in [0.5, 0.6) is 0 Å². The molecule has 228 valence electrons. The van der Waals surface area contributed by atoms with Gasteiger partial charge in [0.2, 0.25) is 0 Å². The zero-order valence-corrected chi connectivity index (χ0v) is 24.3. The lowest BCUT2D eigenvalue weighted by molar-refractivity contribution is 0.0162. The number of ether oxygens (including phenoxy) is 2. The number of nitrogens with zero attached hydrogens (tertiary/aromatic N) is 4. The van der Waals surface area contributed by atoms with Crippen molar-refractivity contribution in [3.05, 3.63) is 89.0 Å². The van der Waals surface area contributed by atoms with Crippen LogP contribution in [-0.4, -0.2) is 62.9 Å². The number of amides is 2. The molecule has 0 bridgehead atoms. The van der Waals surface area contributed by atoms with E-state index in [0.717, 1.165) is 17.3 Å². The Balaban J connectivity index is 1.19. The average Bonchev–Trinajstić information content (AvgIpc) is 3.33. The monoisotopic (exact) mass is 597 g/mol. The van der Waals surface area contributed by atoms with E-state index in [-0.39, 0.29) is 30.9 Å². The Labute approximate surface area is 247 Å². The van der Waals surface area contributed by atoms with Crippen molar-refractivity contribution in [2.45, 2.75) is 58.5 Å². The quantitative estimate of drug-likeness (QED) is 0.372. The van der Waals surface area contributed by atoms with E-state index in [1.807, 2.05) is 24.3 Å². The van der Waals surface area contributed by atoms with E-state index in [1.165, 1.54) is 18.2 Å². The summed E-state index contributed by atoms with van der Waals surface area (Å²) in [5.74, 6) is -4.20. The predicted octanol–water partition coefficient (Wildman–Crippen LogP) is 6.06. The highest BCUT2D eigenvalue weighted by Gasteiger charge is 2.41. The standard InChI is InChI=1S/C31H34F3N5O4/c1-30(2,3)43-29(41)38-13-14-39-24(18-38)15-23(36-39)17-37-12-11-26(31(33,34)20-37)25-10-9-22(16-27(25)32)35-28(40)42-19-21-7-5-4-6-8-21/h4-11,15-16H,12-14,17-20H2,1-3H3,(H,35,40). The van der Waals surface area contributed by atoms with Crippen LogP contribution in [0.1, 0.15) is 43.3 Å². The lowest BCUT2D eigenvalue weighted by Gasteiger charge is -2.32. The maximum Gasteiger partial charge on any atom is 0.411 e. The second-order valence-corrected chi connectivity index (χ2v) is 11.6. The molecule has 0 fully saturated rings. The molecule has 0 saturated heterocycles. The molecule has 43 heavy (non-hydrogen) atoms. The van der Waals surface area contributed by atoms with Gasteiger partial charge in [-0.3, -0.25) is 14.9 Å². The van der Waals surface area contributed by atoms with Crippen molar-refractivity contribution < 1.29 is 32.2 Å². The molecule has 2 aliphatic rings. The summed E-state index contributed by atoms with van der Waals surface area (Å²) in [6, 6.07) is 14.5. The molecule has 12 heteroatoms. The highest BCUT2D eigenvalue weighted by molar-refractivity contribution is 5.85. The SMILES string of the molecule is CC(C)(C)OC(=O)N1CCn2nc(CN3CC=C(c4ccc(NC(=O)OCc5ccccc5)cc4F)C(F)(F)C3)cc2C1. The Morgan fingerprint density at radius 2 is 1.84 bits per heavy atom. The molecule has 0 saturated carbocycles. The third kappa shape index (κ3) is 7.56. The molecule has 0 spiro atoms. The topological polar surface area (TPSA) is 88.9 Å². The molecule has 2 aromatic carbocycles. The summed E-state index contributed by atoms with van der Waals surface area (Å²) in [4.78, 5) is 27.7. The summed E-state index contributed by atoms with van der Waals surface area (Å²) in [5, 5.41) is 6.97. The highest BCUT2D eigenvalue weighted by Crippen LogP contribution is 2.38. The lowest BCUT2D eigenvalue weighted by atomic mass is 9.95. The van der Waals surface area contributed by atoms with Crippen LogP contribution in [0.3, 0.4) is 0 Å². The van der Waals surface area contributed by atoms with Crippen molar-refractivity contribution in [2.75, 3.05) is 25.0 Å². The van der Waals surface area contributed by atoms with Gasteiger partial charge in [0.05, 0.1) is 31.0 Å². The maximum atomic E-state index is 15.3. The minimum atomic E-state index is -3.32. The molecule has 9 nitrogen and oxygen atoms in total. The molecular weight excluding hydrogens is 563 g/mol. The van der Waals surface area contributed by atoms with Crippen LogP contribution in [-0.2, 0) is 35.7 Å². The van der Waals surface area contributed by atoms with Gasteiger partial charge in [-0.05, 0) is 50.6 Å². The fraction of sp³-hybridized carbons (Fsp3) is 0.387. The van der Waals surface area contributed by atoms with Crippen molar-refractivity contribution in [2.24, 2.45) is 0 Å². The number of aromatic nitrogens is 2. The Bertz CT molecular complexity index is 1520. The second kappa shape index (κ2) is 12.1. The lowest BCUT2D eigenvalue weighted by Crippen LogP contribution is -2.41. The molecule has 5 rings (SSSR count). The average molecular weight is 598 g/mol. The zero-order valence-electron chi connectivity index (χ0n) is 24.3. The van der Waals surface area contributed by atoms with Crippen LogP contribution in [0.4, 0.5) is 28.4 Å². The summed E-state index contributed by atoms with van der Waals surface area (Å²) in [6.07, 6.45) is 0.129. The molecule has 0 radical (unpaired) electrons. The first kappa shape index (κ1) is 30.1. The van der Waals surface area contributed by atoms with Gasteiger partial charge in [-0.2, -0.15) is 13.9 Å². The van der Waals surface area contributed by atoms with Gasteiger partial charge < -0.3 is 14.4 Å². The Morgan fingerprint density at radius 1 is 1.07 bits per heavy atom. The molecule has 3 aromatic rings. The number of alkyl halides is 2. The summed E-state index contributed by atoms with van der Waals surface area (Å²) in [7, 11) is 0. The molecular formula is C31H34F3N5O4. The minimum absolute atomic E-state index is 0.0366. The van der Waals surface area contributed by atoms with Gasteiger partial charge in [-0.25, -0.2) is 14.0 Å². The van der Waals surface area contributed by atoms with Crippen molar-refractivity contribution in [1.29, 1.82) is 0 Å². The maximum absolute atomic E-state index is 15.3. The Kier molecular flexibility index (Phi) is 8.50. The fourth-order valence-corrected chi connectivity index (χ4v) is 5.03. The number of carbonyl (C=O) groups excluding carboxylic acids is 2. The molecule has 2 amide bonds. The van der Waals surface area contributed by atoms with E-state index >= 15 is 13.2 Å². The van der Waals surface area contributed by atoms with Crippen LogP contribution in [0.2, 0.25) is 0 Å². The first-order chi connectivity index (χ1) is 20.4. The van der Waals surface area contributed by atoms with Crippen LogP contribution < -0.4 is 5.32 Å². The summed E-state index contributed by atoms with van der Waals surface area (Å²) >= 11 is 0. The van der Waals surface area contributed by atoms with E-state index in [1.54, 1.807) is 47.4 Å². The van der Waals surface area contributed by atoms with Gasteiger partial charge in [-0.1, -0.05) is 36.4 Å². The van der Waals surface area contributed by atoms with E-state index in [9.17, 15) is 9.59 Å². The van der Waals surface area contributed by atoms with Gasteiger partial charge in [0.25, 0.3) is 5.92 Å². The minimum Gasteiger partial charge on any atom is -0.444 e. The molecule has 3 heterocycles. The van der Waals surface area contributed by atoms with E-state index in [2.05, 4.69) is 10.4 Å². The smallest absolute Gasteiger partial charge is 0.411 e. The van der Waals surface area contributed by atoms with Gasteiger partial charge in [0.15, 0.2) is 0 Å². The first-order valence-electron chi connectivity index (χ1n) is 14.0. The second-order valence-electron chi connectivity index (χ2n) is 11.6.